The van der Waals surface area contributed by atoms with Crippen LogP contribution in [-0.2, 0) is 6.18 Å². The molecular formula is C18H12F3N5O. The standard InChI is InChI=1S/C18H12F3N5O/c19-18(20,21)11-4-1-9(2-5-11)14-8-23-17(24-14)15-12-7-10(16(22)27)3-6-13(12)25-26-15/h1-8H,(H2,22,27)(H,23,24)(H,25,26). The van der Waals surface area contributed by atoms with Crippen molar-refractivity contribution in [2.24, 2.45) is 5.73 Å². The molecule has 4 rings (SSSR count). The van der Waals surface area contributed by atoms with E-state index in [9.17, 15) is 18.0 Å². The number of carbonyl (C=O) groups is 1. The molecule has 0 saturated carbocycles. The van der Waals surface area contributed by atoms with Crippen molar-refractivity contribution in [2.45, 2.75) is 6.18 Å². The summed E-state index contributed by atoms with van der Waals surface area (Å²) in [6.45, 7) is 0. The predicted molar refractivity (Wildman–Crippen MR) is 92.6 cm³/mol. The van der Waals surface area contributed by atoms with Crippen molar-refractivity contribution in [2.75, 3.05) is 0 Å². The van der Waals surface area contributed by atoms with Gasteiger partial charge in [-0.1, -0.05) is 12.1 Å². The number of amides is 1. The van der Waals surface area contributed by atoms with Gasteiger partial charge in [0.1, 0.15) is 5.69 Å². The maximum atomic E-state index is 12.7. The molecule has 2 aromatic heterocycles. The molecule has 4 N–H and O–H groups in total. The number of nitrogens with one attached hydrogen (secondary N) is 2. The van der Waals surface area contributed by atoms with E-state index in [1.807, 2.05) is 0 Å². The van der Waals surface area contributed by atoms with Crippen LogP contribution in [-0.4, -0.2) is 26.1 Å². The largest absolute Gasteiger partial charge is 0.416 e. The highest BCUT2D eigenvalue weighted by molar-refractivity contribution is 6.00. The molecule has 0 spiro atoms. The van der Waals surface area contributed by atoms with Crippen LogP contribution in [0.25, 0.3) is 33.7 Å². The van der Waals surface area contributed by atoms with Gasteiger partial charge in [0, 0.05) is 10.9 Å². The topological polar surface area (TPSA) is 100 Å². The first kappa shape index (κ1) is 16.8. The Balaban J connectivity index is 1.71. The van der Waals surface area contributed by atoms with Gasteiger partial charge in [0.2, 0.25) is 5.91 Å². The van der Waals surface area contributed by atoms with Gasteiger partial charge in [0.25, 0.3) is 0 Å². The summed E-state index contributed by atoms with van der Waals surface area (Å²) in [7, 11) is 0. The zero-order valence-corrected chi connectivity index (χ0v) is 13.6. The van der Waals surface area contributed by atoms with Gasteiger partial charge in [0.05, 0.1) is 23.0 Å². The zero-order valence-electron chi connectivity index (χ0n) is 13.6. The molecule has 4 aromatic rings. The number of alkyl halides is 3. The normalized spacial score (nSPS) is 11.8. The summed E-state index contributed by atoms with van der Waals surface area (Å²) in [4.78, 5) is 18.7. The molecule has 9 heteroatoms. The zero-order chi connectivity index (χ0) is 19.2. The first-order chi connectivity index (χ1) is 12.8. The van der Waals surface area contributed by atoms with Gasteiger partial charge in [-0.25, -0.2) is 4.98 Å². The average Bonchev–Trinajstić information content (AvgIpc) is 3.27. The van der Waals surface area contributed by atoms with Crippen LogP contribution in [0.5, 0.6) is 0 Å². The van der Waals surface area contributed by atoms with E-state index >= 15 is 0 Å². The number of hydrogen-bond donors (Lipinski definition) is 3. The molecule has 0 bridgehead atoms. The van der Waals surface area contributed by atoms with Crippen molar-refractivity contribution >= 4 is 16.8 Å². The fourth-order valence-corrected chi connectivity index (χ4v) is 2.77. The minimum absolute atomic E-state index is 0.333. The molecule has 1 amide bonds. The number of rotatable bonds is 3. The molecule has 0 fully saturated rings. The van der Waals surface area contributed by atoms with E-state index in [1.165, 1.54) is 18.3 Å². The number of benzene rings is 2. The summed E-state index contributed by atoms with van der Waals surface area (Å²) in [5.41, 5.74) is 7.20. The lowest BCUT2D eigenvalue weighted by Crippen LogP contribution is -2.10. The number of halogens is 3. The third-order valence-corrected chi connectivity index (χ3v) is 4.17. The molecule has 2 aromatic carbocycles. The Morgan fingerprint density at radius 2 is 1.81 bits per heavy atom. The Hall–Kier alpha value is -3.62. The minimum atomic E-state index is -4.39. The van der Waals surface area contributed by atoms with Crippen LogP contribution in [0.3, 0.4) is 0 Å². The quantitative estimate of drug-likeness (QED) is 0.511. The third kappa shape index (κ3) is 3.03. The van der Waals surface area contributed by atoms with E-state index in [0.29, 0.717) is 39.2 Å². The number of aromatic nitrogens is 4. The van der Waals surface area contributed by atoms with Crippen LogP contribution in [0.15, 0.2) is 48.7 Å². The molecule has 27 heavy (non-hydrogen) atoms. The predicted octanol–water partition coefficient (Wildman–Crippen LogP) is 3.74. The number of fused-ring (bicyclic) bond motifs is 1. The number of aromatic amines is 2. The van der Waals surface area contributed by atoms with Gasteiger partial charge >= 0.3 is 6.18 Å². The van der Waals surface area contributed by atoms with Crippen molar-refractivity contribution in [3.8, 4) is 22.8 Å². The van der Waals surface area contributed by atoms with Crippen molar-refractivity contribution in [3.63, 3.8) is 0 Å². The van der Waals surface area contributed by atoms with Gasteiger partial charge in [-0.15, -0.1) is 0 Å². The van der Waals surface area contributed by atoms with E-state index in [0.717, 1.165) is 12.1 Å². The minimum Gasteiger partial charge on any atom is -0.366 e. The van der Waals surface area contributed by atoms with Gasteiger partial charge in [-0.3, -0.25) is 9.89 Å². The Labute approximate surface area is 150 Å². The molecule has 0 unspecified atom stereocenters. The van der Waals surface area contributed by atoms with Crippen LogP contribution >= 0.6 is 0 Å². The van der Waals surface area contributed by atoms with E-state index in [2.05, 4.69) is 20.2 Å². The second kappa shape index (κ2) is 5.97. The smallest absolute Gasteiger partial charge is 0.366 e. The molecule has 136 valence electrons. The number of hydrogen-bond acceptors (Lipinski definition) is 3. The van der Waals surface area contributed by atoms with E-state index < -0.39 is 17.6 Å². The Kier molecular flexibility index (Phi) is 3.72. The number of primary amides is 1. The van der Waals surface area contributed by atoms with Crippen LogP contribution in [0.1, 0.15) is 15.9 Å². The molecule has 0 aliphatic heterocycles. The summed E-state index contributed by atoms with van der Waals surface area (Å²) in [5, 5.41) is 7.69. The van der Waals surface area contributed by atoms with Gasteiger partial charge in [-0.05, 0) is 35.9 Å². The summed E-state index contributed by atoms with van der Waals surface area (Å²) in [6.07, 6.45) is -2.87. The maximum absolute atomic E-state index is 12.7. The lowest BCUT2D eigenvalue weighted by Gasteiger charge is -2.06. The fraction of sp³-hybridized carbons (Fsp3) is 0.0556. The first-order valence-corrected chi connectivity index (χ1v) is 7.84. The highest BCUT2D eigenvalue weighted by Crippen LogP contribution is 2.31. The SMILES string of the molecule is NC(=O)c1ccc2[nH]nc(-c3ncc(-c4ccc(C(F)(F)F)cc4)[nH]3)c2c1. The first-order valence-electron chi connectivity index (χ1n) is 7.84. The van der Waals surface area contributed by atoms with Crippen LogP contribution in [0, 0.1) is 0 Å². The van der Waals surface area contributed by atoms with E-state index in [-0.39, 0.29) is 0 Å². The number of nitrogens with zero attached hydrogens (tertiary/aromatic N) is 2. The number of imidazole rings is 1. The Morgan fingerprint density at radius 3 is 2.48 bits per heavy atom. The molecule has 0 radical (unpaired) electrons. The van der Waals surface area contributed by atoms with Crippen LogP contribution in [0.4, 0.5) is 13.2 Å². The molecule has 0 atom stereocenters. The van der Waals surface area contributed by atoms with Crippen molar-refractivity contribution in [1.82, 2.24) is 20.2 Å². The van der Waals surface area contributed by atoms with Gasteiger partial charge < -0.3 is 10.7 Å². The molecule has 0 saturated heterocycles. The molecule has 0 aliphatic rings. The lowest BCUT2D eigenvalue weighted by molar-refractivity contribution is -0.137. The molecule has 0 aliphatic carbocycles. The van der Waals surface area contributed by atoms with Gasteiger partial charge in [-0.2, -0.15) is 18.3 Å². The van der Waals surface area contributed by atoms with Crippen LogP contribution < -0.4 is 5.73 Å². The Bertz CT molecular complexity index is 1140. The molecule has 6 nitrogen and oxygen atoms in total. The number of carbonyl (C=O) groups excluding carboxylic acids is 1. The van der Waals surface area contributed by atoms with Gasteiger partial charge in [0.15, 0.2) is 5.82 Å². The highest BCUT2D eigenvalue weighted by Gasteiger charge is 2.30. The second-order valence-electron chi connectivity index (χ2n) is 5.92. The van der Waals surface area contributed by atoms with Crippen molar-refractivity contribution in [3.05, 3.63) is 59.8 Å². The Morgan fingerprint density at radius 1 is 1.07 bits per heavy atom. The maximum Gasteiger partial charge on any atom is 0.416 e. The summed E-state index contributed by atoms with van der Waals surface area (Å²) in [5.74, 6) is -0.147. The van der Waals surface area contributed by atoms with Crippen LogP contribution in [0.2, 0.25) is 0 Å². The second-order valence-corrected chi connectivity index (χ2v) is 5.92. The molecule has 2 heterocycles. The average molecular weight is 371 g/mol. The highest BCUT2D eigenvalue weighted by atomic mass is 19.4. The summed E-state index contributed by atoms with van der Waals surface area (Å²) >= 11 is 0. The third-order valence-electron chi connectivity index (χ3n) is 4.17. The fourth-order valence-electron chi connectivity index (χ4n) is 2.77. The summed E-state index contributed by atoms with van der Waals surface area (Å²) in [6, 6.07) is 9.64. The van der Waals surface area contributed by atoms with Crippen molar-refractivity contribution in [1.29, 1.82) is 0 Å². The molecular weight excluding hydrogens is 359 g/mol. The monoisotopic (exact) mass is 371 g/mol. The van der Waals surface area contributed by atoms with E-state index in [1.54, 1.807) is 18.2 Å². The van der Waals surface area contributed by atoms with E-state index in [4.69, 9.17) is 5.73 Å². The number of nitrogens with two attached hydrogens (primary N) is 1. The van der Waals surface area contributed by atoms with Crippen molar-refractivity contribution < 1.29 is 18.0 Å². The summed E-state index contributed by atoms with van der Waals surface area (Å²) < 4.78 is 38.1. The lowest BCUT2D eigenvalue weighted by atomic mass is 10.1. The number of H-pyrrole nitrogens is 2.